The van der Waals surface area contributed by atoms with E-state index in [-0.39, 0.29) is 5.91 Å². The third-order valence-electron chi connectivity index (χ3n) is 6.89. The summed E-state index contributed by atoms with van der Waals surface area (Å²) >= 11 is 0. The second-order valence-electron chi connectivity index (χ2n) is 9.37. The molecule has 4 heterocycles. The first-order valence-corrected chi connectivity index (χ1v) is 12.1. The summed E-state index contributed by atoms with van der Waals surface area (Å²) < 4.78 is 12.8. The number of benzene rings is 1. The van der Waals surface area contributed by atoms with Crippen LogP contribution in [0, 0.1) is 26.7 Å². The summed E-state index contributed by atoms with van der Waals surface area (Å²) in [6.45, 7) is 7.74. The fourth-order valence-electron chi connectivity index (χ4n) is 4.87. The van der Waals surface area contributed by atoms with Crippen molar-refractivity contribution in [1.82, 2.24) is 30.0 Å². The Balaban J connectivity index is 1.28. The largest absolute Gasteiger partial charge is 0.361 e. The molecule has 1 aliphatic rings. The van der Waals surface area contributed by atoms with Gasteiger partial charge < -0.3 is 18.5 Å². The zero-order valence-electron chi connectivity index (χ0n) is 20.4. The summed E-state index contributed by atoms with van der Waals surface area (Å²) in [4.78, 5) is 15.4. The Morgan fingerprint density at radius 1 is 1.06 bits per heavy atom. The molecule has 0 bridgehead atoms. The van der Waals surface area contributed by atoms with E-state index in [1.54, 1.807) is 6.33 Å². The number of aryl methyl sites for hydroxylation is 3. The zero-order chi connectivity index (χ0) is 24.4. The molecular weight excluding hydrogens is 444 g/mol. The summed E-state index contributed by atoms with van der Waals surface area (Å²) in [7, 11) is 0. The SMILES string of the molecule is Cc1noc(C)c1Cc1c(C(=O)N2CCCC(Cc3nncn3Cc3ccccc3)C2)noc1C. The van der Waals surface area contributed by atoms with Gasteiger partial charge in [0.25, 0.3) is 5.91 Å². The monoisotopic (exact) mass is 474 g/mol. The zero-order valence-corrected chi connectivity index (χ0v) is 20.4. The smallest absolute Gasteiger partial charge is 0.276 e. The van der Waals surface area contributed by atoms with E-state index >= 15 is 0 Å². The minimum Gasteiger partial charge on any atom is -0.361 e. The molecule has 35 heavy (non-hydrogen) atoms. The molecule has 9 heteroatoms. The predicted molar refractivity (Wildman–Crippen MR) is 128 cm³/mol. The number of likely N-dealkylation sites (tertiary alicyclic amines) is 1. The van der Waals surface area contributed by atoms with Gasteiger partial charge >= 0.3 is 0 Å². The number of rotatable bonds is 7. The van der Waals surface area contributed by atoms with Crippen LogP contribution in [0.25, 0.3) is 0 Å². The lowest BCUT2D eigenvalue weighted by atomic mass is 9.93. The van der Waals surface area contributed by atoms with Gasteiger partial charge in [0.2, 0.25) is 0 Å². The van der Waals surface area contributed by atoms with Crippen molar-refractivity contribution in [3.8, 4) is 0 Å². The molecule has 4 aromatic rings. The maximum Gasteiger partial charge on any atom is 0.276 e. The Morgan fingerprint density at radius 3 is 2.60 bits per heavy atom. The second kappa shape index (κ2) is 9.85. The Morgan fingerprint density at radius 2 is 1.83 bits per heavy atom. The minimum atomic E-state index is -0.0842. The molecule has 1 saturated heterocycles. The number of hydrogen-bond acceptors (Lipinski definition) is 7. The number of amides is 1. The van der Waals surface area contributed by atoms with Crippen LogP contribution >= 0.6 is 0 Å². The second-order valence-corrected chi connectivity index (χ2v) is 9.37. The molecule has 1 aromatic carbocycles. The van der Waals surface area contributed by atoms with Gasteiger partial charge in [0.05, 0.1) is 12.2 Å². The van der Waals surface area contributed by atoms with Crippen LogP contribution in [0.4, 0.5) is 0 Å². The Hall–Kier alpha value is -3.75. The van der Waals surface area contributed by atoms with Crippen molar-refractivity contribution < 1.29 is 13.8 Å². The number of aromatic nitrogens is 5. The number of carbonyl (C=O) groups excluding carboxylic acids is 1. The molecule has 1 atom stereocenters. The fourth-order valence-corrected chi connectivity index (χ4v) is 4.87. The molecule has 1 amide bonds. The van der Waals surface area contributed by atoms with Gasteiger partial charge in [0.1, 0.15) is 23.7 Å². The van der Waals surface area contributed by atoms with Crippen LogP contribution in [0.5, 0.6) is 0 Å². The van der Waals surface area contributed by atoms with Crippen molar-refractivity contribution in [2.75, 3.05) is 13.1 Å². The fraction of sp³-hybridized carbons (Fsp3) is 0.423. The van der Waals surface area contributed by atoms with Gasteiger partial charge in [-0.25, -0.2) is 0 Å². The summed E-state index contributed by atoms with van der Waals surface area (Å²) in [6.07, 6.45) is 5.07. The quantitative estimate of drug-likeness (QED) is 0.400. The number of nitrogens with zero attached hydrogens (tertiary/aromatic N) is 6. The lowest BCUT2D eigenvalue weighted by molar-refractivity contribution is 0.0660. The number of piperidine rings is 1. The third kappa shape index (κ3) is 4.89. The topological polar surface area (TPSA) is 103 Å². The lowest BCUT2D eigenvalue weighted by Crippen LogP contribution is -2.41. The van der Waals surface area contributed by atoms with Gasteiger partial charge in [-0.2, -0.15) is 0 Å². The highest BCUT2D eigenvalue weighted by molar-refractivity contribution is 5.94. The first-order valence-electron chi connectivity index (χ1n) is 12.1. The van der Waals surface area contributed by atoms with Crippen molar-refractivity contribution in [3.05, 3.63) is 82.1 Å². The van der Waals surface area contributed by atoms with Crippen LogP contribution in [0.1, 0.15) is 63.1 Å². The van der Waals surface area contributed by atoms with Crippen LogP contribution in [0.2, 0.25) is 0 Å². The summed E-state index contributed by atoms with van der Waals surface area (Å²) in [5.74, 6) is 2.57. The molecule has 9 nitrogen and oxygen atoms in total. The molecule has 5 rings (SSSR count). The van der Waals surface area contributed by atoms with Gasteiger partial charge in [0, 0.05) is 37.1 Å². The molecule has 3 aromatic heterocycles. The van der Waals surface area contributed by atoms with Crippen LogP contribution in [0.15, 0.2) is 45.7 Å². The van der Waals surface area contributed by atoms with E-state index < -0.39 is 0 Å². The Bertz CT molecular complexity index is 1290. The normalized spacial score (nSPS) is 16.1. The van der Waals surface area contributed by atoms with Crippen molar-refractivity contribution in [2.45, 2.75) is 53.0 Å². The molecule has 1 aliphatic heterocycles. The average Bonchev–Trinajstić information content (AvgIpc) is 3.55. The maximum absolute atomic E-state index is 13.5. The summed E-state index contributed by atoms with van der Waals surface area (Å²) in [6, 6.07) is 10.3. The van der Waals surface area contributed by atoms with Crippen LogP contribution < -0.4 is 0 Å². The van der Waals surface area contributed by atoms with Crippen molar-refractivity contribution in [3.63, 3.8) is 0 Å². The predicted octanol–water partition coefficient (Wildman–Crippen LogP) is 3.91. The minimum absolute atomic E-state index is 0.0842. The molecule has 0 N–H and O–H groups in total. The Labute approximate surface area is 204 Å². The first kappa shape index (κ1) is 23.0. The molecule has 1 fully saturated rings. The van der Waals surface area contributed by atoms with Gasteiger partial charge in [-0.15, -0.1) is 10.2 Å². The van der Waals surface area contributed by atoms with E-state index in [4.69, 9.17) is 9.05 Å². The van der Waals surface area contributed by atoms with Gasteiger partial charge in [-0.3, -0.25) is 4.79 Å². The van der Waals surface area contributed by atoms with Gasteiger partial charge in [0.15, 0.2) is 5.69 Å². The van der Waals surface area contributed by atoms with E-state index in [1.807, 2.05) is 43.9 Å². The first-order chi connectivity index (χ1) is 17.0. The molecule has 0 saturated carbocycles. The molecule has 0 spiro atoms. The van der Waals surface area contributed by atoms with E-state index in [1.165, 1.54) is 5.56 Å². The molecule has 0 radical (unpaired) electrons. The highest BCUT2D eigenvalue weighted by atomic mass is 16.5. The summed E-state index contributed by atoms with van der Waals surface area (Å²) in [5.41, 5.74) is 4.18. The maximum atomic E-state index is 13.5. The number of carbonyl (C=O) groups is 1. The van der Waals surface area contributed by atoms with Crippen molar-refractivity contribution in [1.29, 1.82) is 0 Å². The Kier molecular flexibility index (Phi) is 6.48. The highest BCUT2D eigenvalue weighted by Gasteiger charge is 2.30. The van der Waals surface area contributed by atoms with E-state index in [9.17, 15) is 4.79 Å². The van der Waals surface area contributed by atoms with Crippen molar-refractivity contribution >= 4 is 5.91 Å². The highest BCUT2D eigenvalue weighted by Crippen LogP contribution is 2.26. The molecule has 0 aliphatic carbocycles. The summed E-state index contributed by atoms with van der Waals surface area (Å²) in [5, 5.41) is 16.7. The third-order valence-corrected chi connectivity index (χ3v) is 6.89. The molecular formula is C26H30N6O3. The van der Waals surface area contributed by atoms with Crippen LogP contribution in [-0.4, -0.2) is 49.0 Å². The van der Waals surface area contributed by atoms with E-state index in [2.05, 4.69) is 37.2 Å². The van der Waals surface area contributed by atoms with E-state index in [0.29, 0.717) is 36.9 Å². The number of hydrogen-bond donors (Lipinski definition) is 0. The lowest BCUT2D eigenvalue weighted by Gasteiger charge is -2.32. The van der Waals surface area contributed by atoms with Crippen LogP contribution in [0.3, 0.4) is 0 Å². The van der Waals surface area contributed by atoms with Gasteiger partial charge in [-0.1, -0.05) is 40.6 Å². The van der Waals surface area contributed by atoms with E-state index in [0.717, 1.165) is 54.2 Å². The molecule has 182 valence electrons. The standard InChI is InChI=1S/C26H30N6O3/c1-17-22(18(2)34-29-17)13-23-19(3)35-30-25(23)26(33)31-11-7-10-21(15-31)12-24-28-27-16-32(24)14-20-8-5-4-6-9-20/h4-6,8-9,16,21H,7,10-15H2,1-3H3. The molecule has 1 unspecified atom stereocenters. The van der Waals surface area contributed by atoms with Crippen molar-refractivity contribution in [2.24, 2.45) is 5.92 Å². The van der Waals surface area contributed by atoms with Crippen LogP contribution in [-0.2, 0) is 19.4 Å². The average molecular weight is 475 g/mol. The van der Waals surface area contributed by atoms with Gasteiger partial charge in [-0.05, 0) is 45.1 Å².